The SMILES string of the molecule is Cn1cc(CCNC(=O)NC2CCN(CC(F)(F)F)C2=O)cn1. The molecule has 3 amide bonds. The summed E-state index contributed by atoms with van der Waals surface area (Å²) in [4.78, 5) is 24.2. The molecular weight excluding hydrogens is 315 g/mol. The van der Waals surface area contributed by atoms with E-state index in [4.69, 9.17) is 0 Å². The zero-order valence-electron chi connectivity index (χ0n) is 12.6. The number of rotatable bonds is 5. The minimum absolute atomic E-state index is 0.0149. The van der Waals surface area contributed by atoms with E-state index in [0.717, 1.165) is 5.56 Å². The summed E-state index contributed by atoms with van der Waals surface area (Å²) in [5, 5.41) is 8.97. The number of aromatic nitrogens is 2. The van der Waals surface area contributed by atoms with Crippen LogP contribution in [0.15, 0.2) is 12.4 Å². The molecule has 0 bridgehead atoms. The average molecular weight is 333 g/mol. The maximum Gasteiger partial charge on any atom is 0.406 e. The van der Waals surface area contributed by atoms with Gasteiger partial charge in [0.15, 0.2) is 0 Å². The first-order valence-corrected chi connectivity index (χ1v) is 7.12. The fourth-order valence-electron chi connectivity index (χ4n) is 2.38. The Hall–Kier alpha value is -2.26. The number of alkyl halides is 3. The molecule has 0 spiro atoms. The van der Waals surface area contributed by atoms with Crippen molar-refractivity contribution in [2.75, 3.05) is 19.6 Å². The largest absolute Gasteiger partial charge is 0.406 e. The van der Waals surface area contributed by atoms with Gasteiger partial charge in [0.2, 0.25) is 5.91 Å². The highest BCUT2D eigenvalue weighted by atomic mass is 19.4. The number of nitrogens with zero attached hydrogens (tertiary/aromatic N) is 3. The van der Waals surface area contributed by atoms with Gasteiger partial charge in [-0.2, -0.15) is 18.3 Å². The summed E-state index contributed by atoms with van der Waals surface area (Å²) < 4.78 is 38.5. The normalized spacial score (nSPS) is 18.3. The van der Waals surface area contributed by atoms with Crippen LogP contribution in [0, 0.1) is 0 Å². The third-order valence-electron chi connectivity index (χ3n) is 3.43. The summed E-state index contributed by atoms with van der Waals surface area (Å²) in [6.07, 6.45) is -0.203. The Morgan fingerprint density at radius 2 is 2.22 bits per heavy atom. The van der Waals surface area contributed by atoms with Crippen molar-refractivity contribution in [2.24, 2.45) is 7.05 Å². The maximum absolute atomic E-state index is 12.3. The second-order valence-electron chi connectivity index (χ2n) is 5.39. The van der Waals surface area contributed by atoms with Crippen LogP contribution in [0.3, 0.4) is 0 Å². The third-order valence-corrected chi connectivity index (χ3v) is 3.43. The van der Waals surface area contributed by atoms with Crippen LogP contribution in [0.25, 0.3) is 0 Å². The molecule has 1 aromatic rings. The van der Waals surface area contributed by atoms with E-state index < -0.39 is 30.7 Å². The van der Waals surface area contributed by atoms with Gasteiger partial charge in [-0.3, -0.25) is 9.48 Å². The van der Waals surface area contributed by atoms with Gasteiger partial charge in [-0.25, -0.2) is 4.79 Å². The highest BCUT2D eigenvalue weighted by Crippen LogP contribution is 2.20. The third kappa shape index (κ3) is 5.15. The fourth-order valence-corrected chi connectivity index (χ4v) is 2.38. The molecule has 0 radical (unpaired) electrons. The smallest absolute Gasteiger partial charge is 0.338 e. The Morgan fingerprint density at radius 3 is 2.83 bits per heavy atom. The Balaban J connectivity index is 1.72. The minimum Gasteiger partial charge on any atom is -0.338 e. The van der Waals surface area contributed by atoms with Crippen LogP contribution in [0.2, 0.25) is 0 Å². The van der Waals surface area contributed by atoms with E-state index in [1.54, 1.807) is 17.9 Å². The van der Waals surface area contributed by atoms with Gasteiger partial charge in [0.25, 0.3) is 0 Å². The molecule has 1 aliphatic rings. The van der Waals surface area contributed by atoms with Crippen molar-refractivity contribution in [1.82, 2.24) is 25.3 Å². The highest BCUT2D eigenvalue weighted by molar-refractivity contribution is 5.88. The molecular formula is C13H18F3N5O2. The minimum atomic E-state index is -4.43. The first-order chi connectivity index (χ1) is 10.7. The number of carbonyl (C=O) groups is 2. The van der Waals surface area contributed by atoms with Crippen LogP contribution in [0.5, 0.6) is 0 Å². The molecule has 10 heteroatoms. The molecule has 1 atom stereocenters. The quantitative estimate of drug-likeness (QED) is 0.820. The lowest BCUT2D eigenvalue weighted by Crippen LogP contribution is -2.47. The molecule has 1 saturated heterocycles. The van der Waals surface area contributed by atoms with E-state index in [-0.39, 0.29) is 13.0 Å². The molecule has 2 N–H and O–H groups in total. The molecule has 1 aromatic heterocycles. The lowest BCUT2D eigenvalue weighted by atomic mass is 10.2. The van der Waals surface area contributed by atoms with Crippen LogP contribution in [0.1, 0.15) is 12.0 Å². The molecule has 0 aliphatic carbocycles. The average Bonchev–Trinajstić information content (AvgIpc) is 2.98. The first-order valence-electron chi connectivity index (χ1n) is 7.12. The number of hydrogen-bond donors (Lipinski definition) is 2. The molecule has 7 nitrogen and oxygen atoms in total. The Kier molecular flexibility index (Phi) is 5.12. The Labute approximate surface area is 130 Å². The predicted molar refractivity (Wildman–Crippen MR) is 74.5 cm³/mol. The van der Waals surface area contributed by atoms with Crippen molar-refractivity contribution >= 4 is 11.9 Å². The molecule has 1 aliphatic heterocycles. The van der Waals surface area contributed by atoms with Gasteiger partial charge in [-0.15, -0.1) is 0 Å². The summed E-state index contributed by atoms with van der Waals surface area (Å²) in [6.45, 7) is -0.962. The number of likely N-dealkylation sites (tertiary alicyclic amines) is 1. The summed E-state index contributed by atoms with van der Waals surface area (Å²) in [5.74, 6) is -0.704. The fraction of sp³-hybridized carbons (Fsp3) is 0.615. The Morgan fingerprint density at radius 1 is 1.48 bits per heavy atom. The molecule has 1 unspecified atom stereocenters. The van der Waals surface area contributed by atoms with Crippen LogP contribution < -0.4 is 10.6 Å². The molecule has 0 saturated carbocycles. The van der Waals surface area contributed by atoms with E-state index in [9.17, 15) is 22.8 Å². The first kappa shape index (κ1) is 17.1. The van der Waals surface area contributed by atoms with E-state index in [2.05, 4.69) is 15.7 Å². The van der Waals surface area contributed by atoms with Crippen LogP contribution in [-0.2, 0) is 18.3 Å². The van der Waals surface area contributed by atoms with Crippen molar-refractivity contribution in [2.45, 2.75) is 25.1 Å². The molecule has 23 heavy (non-hydrogen) atoms. The molecule has 0 aromatic carbocycles. The van der Waals surface area contributed by atoms with Gasteiger partial charge in [0.1, 0.15) is 12.6 Å². The Bertz CT molecular complexity index is 572. The highest BCUT2D eigenvalue weighted by Gasteiger charge is 2.39. The summed E-state index contributed by atoms with van der Waals surface area (Å²) in [5.41, 5.74) is 0.945. The number of urea groups is 1. The van der Waals surface area contributed by atoms with E-state index in [1.165, 1.54) is 0 Å². The van der Waals surface area contributed by atoms with Crippen molar-refractivity contribution in [1.29, 1.82) is 0 Å². The van der Waals surface area contributed by atoms with Gasteiger partial charge in [-0.05, 0) is 18.4 Å². The number of amides is 3. The molecule has 1 fully saturated rings. The number of aryl methyl sites for hydroxylation is 1. The second-order valence-corrected chi connectivity index (χ2v) is 5.39. The molecule has 128 valence electrons. The zero-order valence-corrected chi connectivity index (χ0v) is 12.6. The van der Waals surface area contributed by atoms with Gasteiger partial charge in [-0.1, -0.05) is 0 Å². The van der Waals surface area contributed by atoms with Gasteiger partial charge in [0, 0.05) is 26.3 Å². The van der Waals surface area contributed by atoms with E-state index >= 15 is 0 Å². The lowest BCUT2D eigenvalue weighted by Gasteiger charge is -2.18. The van der Waals surface area contributed by atoms with Crippen molar-refractivity contribution in [3.63, 3.8) is 0 Å². The van der Waals surface area contributed by atoms with Gasteiger partial charge < -0.3 is 15.5 Å². The van der Waals surface area contributed by atoms with E-state index in [0.29, 0.717) is 17.9 Å². The number of hydrogen-bond acceptors (Lipinski definition) is 3. The van der Waals surface area contributed by atoms with Crippen molar-refractivity contribution in [3.8, 4) is 0 Å². The molecule has 2 rings (SSSR count). The maximum atomic E-state index is 12.3. The number of nitrogens with one attached hydrogen (secondary N) is 2. The monoisotopic (exact) mass is 333 g/mol. The summed E-state index contributed by atoms with van der Waals surface area (Å²) in [6, 6.07) is -1.48. The van der Waals surface area contributed by atoms with Crippen LogP contribution in [-0.4, -0.2) is 58.5 Å². The van der Waals surface area contributed by atoms with Crippen molar-refractivity contribution < 1.29 is 22.8 Å². The van der Waals surface area contributed by atoms with Crippen molar-refractivity contribution in [3.05, 3.63) is 18.0 Å². The lowest BCUT2D eigenvalue weighted by molar-refractivity contribution is -0.157. The van der Waals surface area contributed by atoms with Gasteiger partial charge in [0.05, 0.1) is 6.20 Å². The predicted octanol–water partition coefficient (Wildman–Crippen LogP) is 0.425. The number of carbonyl (C=O) groups excluding carboxylic acids is 2. The zero-order chi connectivity index (χ0) is 17.0. The topological polar surface area (TPSA) is 79.3 Å². The number of halogens is 3. The van der Waals surface area contributed by atoms with E-state index in [1.807, 2.05) is 6.20 Å². The second kappa shape index (κ2) is 6.88. The van der Waals surface area contributed by atoms with Gasteiger partial charge >= 0.3 is 12.2 Å². The molecule has 2 heterocycles. The standard InChI is InChI=1S/C13H18F3N5O2/c1-20-7-9(6-18-20)2-4-17-12(23)19-10-3-5-21(11(10)22)8-13(14,15)16/h6-7,10H,2-5,8H2,1H3,(H2,17,19,23). The summed E-state index contributed by atoms with van der Waals surface area (Å²) >= 11 is 0. The van der Waals surface area contributed by atoms with Crippen LogP contribution in [0.4, 0.5) is 18.0 Å². The summed E-state index contributed by atoms with van der Waals surface area (Å²) in [7, 11) is 1.78. The van der Waals surface area contributed by atoms with Crippen LogP contribution >= 0.6 is 0 Å².